The van der Waals surface area contributed by atoms with E-state index in [9.17, 15) is 0 Å². The molecule has 126 valence electrons. The summed E-state index contributed by atoms with van der Waals surface area (Å²) in [6.45, 7) is 0.800. The molecule has 0 saturated heterocycles. The van der Waals surface area contributed by atoms with Gasteiger partial charge < -0.3 is 16.4 Å². The number of fused-ring (bicyclic) bond motifs is 1. The number of rotatable bonds is 2. The third-order valence-corrected chi connectivity index (χ3v) is 4.18. The van der Waals surface area contributed by atoms with E-state index in [1.807, 2.05) is 54.6 Å². The highest BCUT2D eigenvalue weighted by Gasteiger charge is 2.26. The molecule has 0 aliphatic carbocycles. The Kier molecular flexibility index (Phi) is 4.63. The summed E-state index contributed by atoms with van der Waals surface area (Å²) in [5, 5.41) is 0. The number of halogens is 1. The zero-order valence-electron chi connectivity index (χ0n) is 13.6. The van der Waals surface area contributed by atoms with Crippen molar-refractivity contribution in [2.45, 2.75) is 6.54 Å². The number of nitrogens with zero attached hydrogens (tertiary/aromatic N) is 2. The molecule has 0 aromatic heterocycles. The standard InChI is InChI=1S/C20H18N4.ClH/c21-15-5-9-17(10-6-15)23-20-19-4-2-1-3-14(19)13-24(20)18-11-7-16(22)8-12-18;/h1-12H,13,21-22H2;1H. The van der Waals surface area contributed by atoms with E-state index >= 15 is 0 Å². The number of hydrogen-bond donors (Lipinski definition) is 2. The first-order valence-electron chi connectivity index (χ1n) is 7.86. The molecule has 0 amide bonds. The van der Waals surface area contributed by atoms with Crippen LogP contribution < -0.4 is 16.4 Å². The number of benzene rings is 3. The molecule has 3 aromatic rings. The second kappa shape index (κ2) is 6.87. The van der Waals surface area contributed by atoms with Crippen LogP contribution >= 0.6 is 12.4 Å². The molecular weight excluding hydrogens is 332 g/mol. The van der Waals surface area contributed by atoms with Crippen molar-refractivity contribution in [3.63, 3.8) is 0 Å². The van der Waals surface area contributed by atoms with Gasteiger partial charge in [0, 0.05) is 22.6 Å². The predicted octanol–water partition coefficient (Wildman–Crippen LogP) is 4.37. The molecule has 0 radical (unpaired) electrons. The Morgan fingerprint density at radius 1 is 0.760 bits per heavy atom. The summed E-state index contributed by atoms with van der Waals surface area (Å²) in [5.74, 6) is 0.945. The van der Waals surface area contributed by atoms with Gasteiger partial charge in [-0.3, -0.25) is 0 Å². The van der Waals surface area contributed by atoms with Gasteiger partial charge in [0.05, 0.1) is 12.2 Å². The van der Waals surface area contributed by atoms with E-state index in [1.54, 1.807) is 0 Å². The third kappa shape index (κ3) is 3.30. The van der Waals surface area contributed by atoms with E-state index in [2.05, 4.69) is 23.1 Å². The van der Waals surface area contributed by atoms with Gasteiger partial charge in [-0.1, -0.05) is 24.3 Å². The maximum atomic E-state index is 5.82. The van der Waals surface area contributed by atoms with E-state index in [0.717, 1.165) is 40.7 Å². The molecule has 0 saturated carbocycles. The van der Waals surface area contributed by atoms with Crippen molar-refractivity contribution in [3.05, 3.63) is 83.9 Å². The summed E-state index contributed by atoms with van der Waals surface area (Å²) in [6.07, 6.45) is 0. The quantitative estimate of drug-likeness (QED) is 0.674. The van der Waals surface area contributed by atoms with Crippen LogP contribution in [0.2, 0.25) is 0 Å². The van der Waals surface area contributed by atoms with Crippen LogP contribution in [0.3, 0.4) is 0 Å². The summed E-state index contributed by atoms with van der Waals surface area (Å²) in [7, 11) is 0. The number of anilines is 3. The smallest absolute Gasteiger partial charge is 0.141 e. The lowest BCUT2D eigenvalue weighted by atomic mass is 10.1. The summed E-state index contributed by atoms with van der Waals surface area (Å²) in [6, 6.07) is 23.9. The van der Waals surface area contributed by atoms with Gasteiger partial charge in [-0.2, -0.15) is 0 Å². The first-order valence-corrected chi connectivity index (χ1v) is 7.86. The van der Waals surface area contributed by atoms with Crippen LogP contribution in [0.1, 0.15) is 11.1 Å². The van der Waals surface area contributed by atoms with Gasteiger partial charge in [-0.25, -0.2) is 4.99 Å². The average Bonchev–Trinajstić information content (AvgIpc) is 2.96. The molecule has 25 heavy (non-hydrogen) atoms. The normalized spacial score (nSPS) is 14.2. The highest BCUT2D eigenvalue weighted by atomic mass is 35.5. The molecule has 4 N–H and O–H groups in total. The van der Waals surface area contributed by atoms with Gasteiger partial charge in [-0.05, 0) is 54.1 Å². The first-order chi connectivity index (χ1) is 11.7. The Balaban J connectivity index is 0.00000182. The first kappa shape index (κ1) is 16.9. The van der Waals surface area contributed by atoms with Gasteiger partial charge in [0.2, 0.25) is 0 Å². The van der Waals surface area contributed by atoms with Crippen LogP contribution in [-0.2, 0) is 6.54 Å². The minimum absolute atomic E-state index is 0. The highest BCUT2D eigenvalue weighted by molar-refractivity contribution is 6.14. The predicted molar refractivity (Wildman–Crippen MR) is 108 cm³/mol. The molecule has 0 atom stereocenters. The number of aliphatic imine (C=N–C) groups is 1. The molecule has 0 bridgehead atoms. The van der Waals surface area contributed by atoms with Crippen LogP contribution in [0.25, 0.3) is 0 Å². The molecule has 4 nitrogen and oxygen atoms in total. The summed E-state index contributed by atoms with van der Waals surface area (Å²) < 4.78 is 0. The van der Waals surface area contributed by atoms with Crippen LogP contribution in [0.15, 0.2) is 77.8 Å². The summed E-state index contributed by atoms with van der Waals surface area (Å²) in [5.41, 5.74) is 17.5. The lowest BCUT2D eigenvalue weighted by Gasteiger charge is -2.19. The molecule has 3 aromatic carbocycles. The average molecular weight is 351 g/mol. The van der Waals surface area contributed by atoms with Crippen molar-refractivity contribution in [1.29, 1.82) is 0 Å². The van der Waals surface area contributed by atoms with E-state index in [1.165, 1.54) is 5.56 Å². The van der Waals surface area contributed by atoms with Crippen molar-refractivity contribution < 1.29 is 0 Å². The van der Waals surface area contributed by atoms with Crippen LogP contribution in [0.5, 0.6) is 0 Å². The monoisotopic (exact) mass is 350 g/mol. The Bertz CT molecular complexity index is 902. The van der Waals surface area contributed by atoms with E-state index in [0.29, 0.717) is 0 Å². The second-order valence-corrected chi connectivity index (χ2v) is 5.86. The molecule has 0 spiro atoms. The van der Waals surface area contributed by atoms with Gasteiger partial charge in [0.25, 0.3) is 0 Å². The molecular formula is C20H19ClN4. The molecule has 1 heterocycles. The zero-order valence-corrected chi connectivity index (χ0v) is 14.4. The lowest BCUT2D eigenvalue weighted by molar-refractivity contribution is 1.05. The summed E-state index contributed by atoms with van der Waals surface area (Å²) >= 11 is 0. The van der Waals surface area contributed by atoms with E-state index < -0.39 is 0 Å². The van der Waals surface area contributed by atoms with Crippen molar-refractivity contribution in [2.24, 2.45) is 4.99 Å². The van der Waals surface area contributed by atoms with Gasteiger partial charge >= 0.3 is 0 Å². The van der Waals surface area contributed by atoms with Crippen LogP contribution in [-0.4, -0.2) is 5.84 Å². The fourth-order valence-electron chi connectivity index (χ4n) is 2.93. The van der Waals surface area contributed by atoms with Crippen LogP contribution in [0, 0.1) is 0 Å². The molecule has 1 aliphatic rings. The fraction of sp³-hybridized carbons (Fsp3) is 0.0500. The topological polar surface area (TPSA) is 67.6 Å². The number of nitrogen functional groups attached to an aromatic ring is 2. The molecule has 1 aliphatic heterocycles. The SMILES string of the molecule is Cl.Nc1ccc(N=C2c3ccccc3CN2c2ccc(N)cc2)cc1. The van der Waals surface area contributed by atoms with Crippen molar-refractivity contribution in [2.75, 3.05) is 16.4 Å². The molecule has 4 rings (SSSR count). The van der Waals surface area contributed by atoms with Crippen LogP contribution in [0.4, 0.5) is 22.7 Å². The maximum absolute atomic E-state index is 5.82. The second-order valence-electron chi connectivity index (χ2n) is 5.86. The van der Waals surface area contributed by atoms with E-state index in [-0.39, 0.29) is 12.4 Å². The van der Waals surface area contributed by atoms with Crippen molar-refractivity contribution >= 4 is 41.0 Å². The number of hydrogen-bond acceptors (Lipinski definition) is 3. The highest BCUT2D eigenvalue weighted by Crippen LogP contribution is 2.31. The maximum Gasteiger partial charge on any atom is 0.141 e. The van der Waals surface area contributed by atoms with E-state index in [4.69, 9.17) is 16.5 Å². The largest absolute Gasteiger partial charge is 0.399 e. The number of nitrogens with two attached hydrogens (primary N) is 2. The Morgan fingerprint density at radius 2 is 1.36 bits per heavy atom. The lowest BCUT2D eigenvalue weighted by Crippen LogP contribution is -2.23. The molecule has 5 heteroatoms. The Morgan fingerprint density at radius 3 is 2.04 bits per heavy atom. The van der Waals surface area contributed by atoms with Gasteiger partial charge in [-0.15, -0.1) is 12.4 Å². The fourth-order valence-corrected chi connectivity index (χ4v) is 2.93. The molecule has 0 fully saturated rings. The van der Waals surface area contributed by atoms with Gasteiger partial charge in [0.15, 0.2) is 0 Å². The Labute approximate surface area is 153 Å². The number of amidine groups is 1. The third-order valence-electron chi connectivity index (χ3n) is 4.18. The summed E-state index contributed by atoms with van der Waals surface area (Å²) in [4.78, 5) is 7.09. The van der Waals surface area contributed by atoms with Crippen molar-refractivity contribution in [1.82, 2.24) is 0 Å². The minimum atomic E-state index is 0. The molecule has 0 unspecified atom stereocenters. The zero-order chi connectivity index (χ0) is 16.5. The Hall–Kier alpha value is -2.98. The minimum Gasteiger partial charge on any atom is -0.399 e. The van der Waals surface area contributed by atoms with Gasteiger partial charge in [0.1, 0.15) is 5.84 Å². The van der Waals surface area contributed by atoms with Crippen molar-refractivity contribution in [3.8, 4) is 0 Å².